The number of aliphatic carboxylic acids is 1. The Morgan fingerprint density at radius 3 is 2.18 bits per heavy atom. The maximum absolute atomic E-state index is 11.3. The Labute approximate surface area is 102 Å². The van der Waals surface area contributed by atoms with Crippen molar-refractivity contribution in [2.75, 3.05) is 20.6 Å². The molecule has 0 saturated heterocycles. The fraction of sp³-hybridized carbons (Fsp3) is 0.700. The van der Waals surface area contributed by atoms with E-state index in [0.717, 1.165) is 0 Å². The first-order valence-corrected chi connectivity index (χ1v) is 6.72. The van der Waals surface area contributed by atoms with Crippen LogP contribution in [0.5, 0.6) is 0 Å². The van der Waals surface area contributed by atoms with Gasteiger partial charge in [-0.05, 0) is 13.3 Å². The largest absolute Gasteiger partial charge is 0.478 e. The second-order valence-electron chi connectivity index (χ2n) is 4.51. The van der Waals surface area contributed by atoms with E-state index in [1.807, 2.05) is 0 Å². The third kappa shape index (κ3) is 4.84. The van der Waals surface area contributed by atoms with Crippen LogP contribution in [0.15, 0.2) is 12.2 Å². The van der Waals surface area contributed by atoms with Crippen molar-refractivity contribution in [3.05, 3.63) is 12.2 Å². The average Bonchev–Trinajstić information content (AvgIpc) is 2.15. The molecule has 17 heavy (non-hydrogen) atoms. The molecule has 0 fully saturated rings. The highest BCUT2D eigenvalue weighted by Crippen LogP contribution is 2.19. The van der Waals surface area contributed by atoms with Gasteiger partial charge in [-0.15, -0.1) is 0 Å². The summed E-state index contributed by atoms with van der Waals surface area (Å²) in [7, 11) is -0.881. The van der Waals surface area contributed by atoms with Crippen LogP contribution in [0.4, 0.5) is 0 Å². The minimum atomic E-state index is -4.22. The summed E-state index contributed by atoms with van der Waals surface area (Å²) in [6.07, 6.45) is 0.0618. The summed E-state index contributed by atoms with van der Waals surface area (Å²) in [6, 6.07) is 0. The number of carbonyl (C=O) groups is 1. The summed E-state index contributed by atoms with van der Waals surface area (Å²) < 4.78 is 31.8. The number of hydrogen-bond donors (Lipinski definition) is 2. The van der Waals surface area contributed by atoms with Gasteiger partial charge in [-0.2, -0.15) is 8.42 Å². The van der Waals surface area contributed by atoms with Gasteiger partial charge < -0.3 is 9.59 Å². The minimum Gasteiger partial charge on any atom is -0.478 e. The molecule has 0 spiro atoms. The molecule has 0 aliphatic rings. The molecule has 0 aliphatic heterocycles. The fourth-order valence-electron chi connectivity index (χ4n) is 1.47. The molecule has 2 N–H and O–H groups in total. The molecule has 0 saturated carbocycles. The maximum Gasteiger partial charge on any atom is 0.330 e. The lowest BCUT2D eigenvalue weighted by Crippen LogP contribution is -2.52. The third-order valence-electron chi connectivity index (χ3n) is 2.93. The van der Waals surface area contributed by atoms with Crippen LogP contribution >= 0.6 is 0 Å². The van der Waals surface area contributed by atoms with Gasteiger partial charge in [0.2, 0.25) is 5.37 Å². The predicted molar refractivity (Wildman–Crippen MR) is 64.0 cm³/mol. The first-order valence-electron chi connectivity index (χ1n) is 5.22. The normalized spacial score (nSPS) is 14.4. The first-order chi connectivity index (χ1) is 7.52. The highest BCUT2D eigenvalue weighted by atomic mass is 32.2. The molecule has 7 heteroatoms. The SMILES string of the molecule is C=C(CCC([N+](C)(C)CC)S(=O)(=O)O)C(=O)O. The van der Waals surface area contributed by atoms with Gasteiger partial charge in [0.05, 0.1) is 20.6 Å². The topological polar surface area (TPSA) is 91.7 Å². The standard InChI is InChI=1S/C10H19NO5S/c1-5-11(3,4)9(17(14,15)16)7-6-8(2)10(12)13/h9H,2,5-7H2,1,3-4H3,(H-,12,13,14,15,16)/p+1. The third-order valence-corrected chi connectivity index (χ3v) is 4.43. The van der Waals surface area contributed by atoms with Crippen molar-refractivity contribution in [1.29, 1.82) is 0 Å². The van der Waals surface area contributed by atoms with E-state index in [1.165, 1.54) is 0 Å². The Hall–Kier alpha value is -0.920. The van der Waals surface area contributed by atoms with Gasteiger partial charge in [-0.25, -0.2) is 4.79 Å². The highest BCUT2D eigenvalue weighted by molar-refractivity contribution is 7.86. The van der Waals surface area contributed by atoms with Crippen LogP contribution in [0.1, 0.15) is 19.8 Å². The van der Waals surface area contributed by atoms with Gasteiger partial charge in [0.15, 0.2) is 0 Å². The molecule has 0 aromatic rings. The molecule has 100 valence electrons. The molecule has 0 rings (SSSR count). The molecule has 1 unspecified atom stereocenters. The van der Waals surface area contributed by atoms with E-state index < -0.39 is 21.5 Å². The van der Waals surface area contributed by atoms with Gasteiger partial charge in [0.25, 0.3) is 0 Å². The molecule has 0 aromatic carbocycles. The summed E-state index contributed by atoms with van der Waals surface area (Å²) in [4.78, 5) is 10.6. The lowest BCUT2D eigenvalue weighted by Gasteiger charge is -2.34. The molecule has 6 nitrogen and oxygen atoms in total. The van der Waals surface area contributed by atoms with E-state index in [1.54, 1.807) is 21.0 Å². The van der Waals surface area contributed by atoms with Crippen LogP contribution in [-0.2, 0) is 14.9 Å². The molecule has 0 amide bonds. The van der Waals surface area contributed by atoms with E-state index in [2.05, 4.69) is 6.58 Å². The summed E-state index contributed by atoms with van der Waals surface area (Å²) in [5.74, 6) is -1.15. The molecule has 0 bridgehead atoms. The van der Waals surface area contributed by atoms with Crippen molar-refractivity contribution in [3.8, 4) is 0 Å². The van der Waals surface area contributed by atoms with Gasteiger partial charge >= 0.3 is 16.1 Å². The van der Waals surface area contributed by atoms with Crippen LogP contribution in [0, 0.1) is 0 Å². The van der Waals surface area contributed by atoms with Gasteiger partial charge in [0.1, 0.15) is 0 Å². The summed E-state index contributed by atoms with van der Waals surface area (Å²) >= 11 is 0. The number of quaternary nitrogens is 1. The molecule has 0 heterocycles. The quantitative estimate of drug-likeness (QED) is 0.402. The van der Waals surface area contributed by atoms with Crippen molar-refractivity contribution in [3.63, 3.8) is 0 Å². The lowest BCUT2D eigenvalue weighted by molar-refractivity contribution is -0.900. The highest BCUT2D eigenvalue weighted by Gasteiger charge is 2.37. The van der Waals surface area contributed by atoms with Gasteiger partial charge in [-0.1, -0.05) is 6.58 Å². The van der Waals surface area contributed by atoms with Crippen molar-refractivity contribution < 1.29 is 27.4 Å². The van der Waals surface area contributed by atoms with Gasteiger partial charge in [-0.3, -0.25) is 4.55 Å². The first kappa shape index (κ1) is 16.1. The molecular weight excluding hydrogens is 246 g/mol. The van der Waals surface area contributed by atoms with E-state index in [-0.39, 0.29) is 22.9 Å². The average molecular weight is 266 g/mol. The minimum absolute atomic E-state index is 0.0292. The van der Waals surface area contributed by atoms with Crippen LogP contribution in [0.2, 0.25) is 0 Å². The monoisotopic (exact) mass is 266 g/mol. The molecular formula is C10H20NO5S+. The number of rotatable bonds is 7. The summed E-state index contributed by atoms with van der Waals surface area (Å²) in [5, 5.41) is 7.60. The molecule has 1 atom stereocenters. The fourth-order valence-corrected chi connectivity index (χ4v) is 2.75. The van der Waals surface area contributed by atoms with Crippen molar-refractivity contribution in [2.24, 2.45) is 0 Å². The zero-order valence-electron chi connectivity index (χ0n) is 10.4. The predicted octanol–water partition coefficient (Wildman–Crippen LogP) is 0.718. The zero-order chi connectivity index (χ0) is 13.9. The number of carboxylic acid groups (broad SMARTS) is 1. The van der Waals surface area contributed by atoms with E-state index in [9.17, 15) is 17.8 Å². The van der Waals surface area contributed by atoms with Crippen LogP contribution in [0.25, 0.3) is 0 Å². The Balaban J connectivity index is 4.89. The van der Waals surface area contributed by atoms with Crippen molar-refractivity contribution in [1.82, 2.24) is 0 Å². The van der Waals surface area contributed by atoms with Gasteiger partial charge in [0, 0.05) is 12.0 Å². The Kier molecular flexibility index (Phi) is 5.31. The number of nitrogens with zero attached hydrogens (tertiary/aromatic N) is 1. The van der Waals surface area contributed by atoms with E-state index in [4.69, 9.17) is 5.11 Å². The van der Waals surface area contributed by atoms with E-state index >= 15 is 0 Å². The zero-order valence-corrected chi connectivity index (χ0v) is 11.2. The van der Waals surface area contributed by atoms with Crippen molar-refractivity contribution >= 4 is 16.1 Å². The lowest BCUT2D eigenvalue weighted by atomic mass is 10.1. The van der Waals surface area contributed by atoms with Crippen molar-refractivity contribution in [2.45, 2.75) is 25.1 Å². The van der Waals surface area contributed by atoms with Crippen LogP contribution < -0.4 is 0 Å². The smallest absolute Gasteiger partial charge is 0.330 e. The Bertz CT molecular complexity index is 399. The molecule has 0 aliphatic carbocycles. The summed E-state index contributed by atoms with van der Waals surface area (Å²) in [6.45, 7) is 5.63. The molecule has 0 radical (unpaired) electrons. The second kappa shape index (κ2) is 5.61. The number of carboxylic acids is 1. The maximum atomic E-state index is 11.3. The molecule has 0 aromatic heterocycles. The second-order valence-corrected chi connectivity index (χ2v) is 6.09. The summed E-state index contributed by atoms with van der Waals surface area (Å²) in [5.41, 5.74) is -0.0604. The van der Waals surface area contributed by atoms with Crippen LogP contribution in [-0.4, -0.2) is 54.5 Å². The van der Waals surface area contributed by atoms with E-state index in [0.29, 0.717) is 6.54 Å². The van der Waals surface area contributed by atoms with Crippen LogP contribution in [0.3, 0.4) is 0 Å². The Morgan fingerprint density at radius 1 is 1.41 bits per heavy atom. The Morgan fingerprint density at radius 2 is 1.88 bits per heavy atom. The number of hydrogen-bond acceptors (Lipinski definition) is 3.